The summed E-state index contributed by atoms with van der Waals surface area (Å²) in [6.07, 6.45) is 1.45. The number of amides is 1. The van der Waals surface area contributed by atoms with Crippen molar-refractivity contribution in [2.24, 2.45) is 5.73 Å². The van der Waals surface area contributed by atoms with Crippen LogP contribution in [0.4, 0.5) is 5.82 Å². The number of anilines is 1. The maximum atomic E-state index is 10.9. The van der Waals surface area contributed by atoms with Crippen molar-refractivity contribution in [2.75, 3.05) is 5.32 Å². The first kappa shape index (κ1) is 13.4. The number of hydrogen-bond donors (Lipinski definition) is 2. The topological polar surface area (TPSA) is 68.0 Å². The average molecular weight is 276 g/mol. The number of rotatable bonds is 4. The Morgan fingerprint density at radius 2 is 2.05 bits per heavy atom. The van der Waals surface area contributed by atoms with E-state index in [1.165, 1.54) is 6.20 Å². The van der Waals surface area contributed by atoms with Gasteiger partial charge in [0.2, 0.25) is 5.91 Å². The third-order valence-corrected chi connectivity index (χ3v) is 3.13. The molecule has 1 unspecified atom stereocenters. The second kappa shape index (κ2) is 5.71. The fourth-order valence-electron chi connectivity index (χ4n) is 1.75. The van der Waals surface area contributed by atoms with Crippen LogP contribution in [0.25, 0.3) is 0 Å². The Bertz CT molecular complexity index is 583. The molecule has 0 fully saturated rings. The molecule has 98 valence electrons. The molecule has 1 atom stereocenters. The molecule has 2 aromatic rings. The molecule has 1 aromatic carbocycles. The molecule has 19 heavy (non-hydrogen) atoms. The van der Waals surface area contributed by atoms with E-state index in [-0.39, 0.29) is 6.04 Å². The van der Waals surface area contributed by atoms with E-state index in [0.717, 1.165) is 5.56 Å². The number of hydrogen-bond acceptors (Lipinski definition) is 3. The summed E-state index contributed by atoms with van der Waals surface area (Å²) in [5, 5.41) is 3.92. The van der Waals surface area contributed by atoms with Gasteiger partial charge < -0.3 is 11.1 Å². The predicted octanol–water partition coefficient (Wildman–Crippen LogP) is 3.01. The Labute approximate surface area is 116 Å². The zero-order valence-corrected chi connectivity index (χ0v) is 11.2. The van der Waals surface area contributed by atoms with Gasteiger partial charge in [0.05, 0.1) is 11.6 Å². The molecular weight excluding hydrogens is 262 g/mol. The predicted molar refractivity (Wildman–Crippen MR) is 76.2 cm³/mol. The molecule has 0 saturated carbocycles. The van der Waals surface area contributed by atoms with Gasteiger partial charge in [-0.2, -0.15) is 0 Å². The normalized spacial score (nSPS) is 11.9. The Hall–Kier alpha value is -2.07. The van der Waals surface area contributed by atoms with Crippen LogP contribution in [-0.4, -0.2) is 10.9 Å². The third-order valence-electron chi connectivity index (χ3n) is 2.78. The molecule has 1 amide bonds. The maximum absolute atomic E-state index is 10.9. The maximum Gasteiger partial charge on any atom is 0.250 e. The van der Waals surface area contributed by atoms with Crippen molar-refractivity contribution in [2.45, 2.75) is 13.0 Å². The van der Waals surface area contributed by atoms with Crippen molar-refractivity contribution in [3.05, 3.63) is 58.7 Å². The second-order valence-electron chi connectivity index (χ2n) is 4.18. The van der Waals surface area contributed by atoms with E-state index in [4.69, 9.17) is 17.3 Å². The largest absolute Gasteiger partial charge is 0.366 e. The van der Waals surface area contributed by atoms with Gasteiger partial charge in [0.25, 0.3) is 0 Å². The van der Waals surface area contributed by atoms with Gasteiger partial charge >= 0.3 is 0 Å². The van der Waals surface area contributed by atoms with Crippen molar-refractivity contribution in [1.29, 1.82) is 0 Å². The number of nitrogens with zero attached hydrogens (tertiary/aromatic N) is 1. The van der Waals surface area contributed by atoms with Gasteiger partial charge in [-0.1, -0.05) is 29.8 Å². The highest BCUT2D eigenvalue weighted by atomic mass is 35.5. The Kier molecular flexibility index (Phi) is 4.02. The molecule has 0 radical (unpaired) electrons. The number of benzene rings is 1. The first-order chi connectivity index (χ1) is 9.08. The summed E-state index contributed by atoms with van der Waals surface area (Å²) in [7, 11) is 0. The molecule has 0 spiro atoms. The van der Waals surface area contributed by atoms with Crippen molar-refractivity contribution in [3.63, 3.8) is 0 Å². The minimum absolute atomic E-state index is 0.0145. The highest BCUT2D eigenvalue weighted by Gasteiger charge is 2.09. The molecule has 0 aliphatic rings. The number of aromatic nitrogens is 1. The zero-order valence-electron chi connectivity index (χ0n) is 10.4. The lowest BCUT2D eigenvalue weighted by Crippen LogP contribution is -2.12. The number of carbonyl (C=O) groups is 1. The SMILES string of the molecule is CC(Nc1ccc(C(N)=O)cn1)c1ccccc1Cl. The highest BCUT2D eigenvalue weighted by molar-refractivity contribution is 6.31. The monoisotopic (exact) mass is 275 g/mol. The summed E-state index contributed by atoms with van der Waals surface area (Å²) >= 11 is 6.13. The van der Waals surface area contributed by atoms with Crippen LogP contribution >= 0.6 is 11.6 Å². The van der Waals surface area contributed by atoms with Gasteiger partial charge in [-0.25, -0.2) is 4.98 Å². The summed E-state index contributed by atoms with van der Waals surface area (Å²) in [5.41, 5.74) is 6.54. The minimum Gasteiger partial charge on any atom is -0.366 e. The Balaban J connectivity index is 2.13. The number of nitrogens with one attached hydrogen (secondary N) is 1. The average Bonchev–Trinajstić information content (AvgIpc) is 2.39. The first-order valence-corrected chi connectivity index (χ1v) is 6.22. The van der Waals surface area contributed by atoms with E-state index in [2.05, 4.69) is 10.3 Å². The van der Waals surface area contributed by atoms with Crippen LogP contribution < -0.4 is 11.1 Å². The molecule has 0 aliphatic heterocycles. The number of pyridine rings is 1. The summed E-state index contributed by atoms with van der Waals surface area (Å²) in [5.74, 6) is 0.177. The number of nitrogens with two attached hydrogens (primary N) is 1. The van der Waals surface area contributed by atoms with Gasteiger partial charge in [0.15, 0.2) is 0 Å². The molecule has 1 heterocycles. The fourth-order valence-corrected chi connectivity index (χ4v) is 2.05. The summed E-state index contributed by atoms with van der Waals surface area (Å²) in [6, 6.07) is 11.0. The zero-order chi connectivity index (χ0) is 13.8. The van der Waals surface area contributed by atoms with E-state index in [9.17, 15) is 4.79 Å². The molecule has 3 N–H and O–H groups in total. The summed E-state index contributed by atoms with van der Waals surface area (Å²) < 4.78 is 0. The molecule has 0 saturated heterocycles. The molecule has 1 aromatic heterocycles. The lowest BCUT2D eigenvalue weighted by atomic mass is 10.1. The van der Waals surface area contributed by atoms with E-state index >= 15 is 0 Å². The molecule has 0 bridgehead atoms. The quantitative estimate of drug-likeness (QED) is 0.901. The van der Waals surface area contributed by atoms with E-state index in [1.54, 1.807) is 12.1 Å². The summed E-state index contributed by atoms with van der Waals surface area (Å²) in [6.45, 7) is 1.99. The van der Waals surface area contributed by atoms with Crippen LogP contribution in [0.15, 0.2) is 42.6 Å². The first-order valence-electron chi connectivity index (χ1n) is 5.84. The second-order valence-corrected chi connectivity index (χ2v) is 4.59. The van der Waals surface area contributed by atoms with Crippen molar-refractivity contribution in [3.8, 4) is 0 Å². The van der Waals surface area contributed by atoms with Gasteiger partial charge in [0, 0.05) is 11.2 Å². The molecule has 5 heteroatoms. The van der Waals surface area contributed by atoms with Gasteiger partial charge in [-0.3, -0.25) is 4.79 Å². The summed E-state index contributed by atoms with van der Waals surface area (Å²) in [4.78, 5) is 15.1. The van der Waals surface area contributed by atoms with Crippen molar-refractivity contribution < 1.29 is 4.79 Å². The van der Waals surface area contributed by atoms with Crippen molar-refractivity contribution in [1.82, 2.24) is 4.98 Å². The number of halogens is 1. The van der Waals surface area contributed by atoms with Crippen molar-refractivity contribution >= 4 is 23.3 Å². The van der Waals surface area contributed by atoms with Gasteiger partial charge in [-0.15, -0.1) is 0 Å². The van der Waals surface area contributed by atoms with Crippen LogP contribution in [-0.2, 0) is 0 Å². The van der Waals surface area contributed by atoms with Crippen LogP contribution in [0.1, 0.15) is 28.9 Å². The standard InChI is InChI=1S/C14H14ClN3O/c1-9(11-4-2-3-5-12(11)15)18-13-7-6-10(8-17-13)14(16)19/h2-9H,1H3,(H2,16,19)(H,17,18). The Morgan fingerprint density at radius 3 is 2.63 bits per heavy atom. The Morgan fingerprint density at radius 1 is 1.32 bits per heavy atom. The number of carbonyl (C=O) groups excluding carboxylic acids is 1. The highest BCUT2D eigenvalue weighted by Crippen LogP contribution is 2.24. The van der Waals surface area contributed by atoms with Gasteiger partial charge in [0.1, 0.15) is 5.82 Å². The lowest BCUT2D eigenvalue weighted by molar-refractivity contribution is 0.1000. The molecule has 4 nitrogen and oxygen atoms in total. The van der Waals surface area contributed by atoms with Crippen LogP contribution in [0, 0.1) is 0 Å². The van der Waals surface area contributed by atoms with Gasteiger partial charge in [-0.05, 0) is 30.7 Å². The minimum atomic E-state index is -0.488. The molecular formula is C14H14ClN3O. The van der Waals surface area contributed by atoms with Crippen LogP contribution in [0.3, 0.4) is 0 Å². The molecule has 2 rings (SSSR count). The molecule has 0 aliphatic carbocycles. The fraction of sp³-hybridized carbons (Fsp3) is 0.143. The van der Waals surface area contributed by atoms with Crippen LogP contribution in [0.2, 0.25) is 5.02 Å². The smallest absolute Gasteiger partial charge is 0.250 e. The van der Waals surface area contributed by atoms with Crippen LogP contribution in [0.5, 0.6) is 0 Å². The van der Waals surface area contributed by atoms with E-state index in [1.807, 2.05) is 31.2 Å². The third kappa shape index (κ3) is 3.23. The van der Waals surface area contributed by atoms with E-state index in [0.29, 0.717) is 16.4 Å². The lowest BCUT2D eigenvalue weighted by Gasteiger charge is -2.16. The number of primary amides is 1. The van der Waals surface area contributed by atoms with E-state index < -0.39 is 5.91 Å².